The fourth-order valence-electron chi connectivity index (χ4n) is 1.52. The van der Waals surface area contributed by atoms with E-state index in [0.717, 1.165) is 6.54 Å². The van der Waals surface area contributed by atoms with E-state index in [1.54, 1.807) is 11.8 Å². The average molecular weight is 266 g/mol. The SMILES string of the molecule is CC(C)(C)NCC(SCC(N)=O)c1ccccc1. The van der Waals surface area contributed by atoms with Crippen LogP contribution in [0.1, 0.15) is 31.6 Å². The van der Waals surface area contributed by atoms with E-state index in [-0.39, 0.29) is 16.7 Å². The first-order chi connectivity index (χ1) is 8.38. The van der Waals surface area contributed by atoms with E-state index >= 15 is 0 Å². The first-order valence-electron chi connectivity index (χ1n) is 6.08. The molecule has 1 aromatic carbocycles. The highest BCUT2D eigenvalue weighted by Gasteiger charge is 2.16. The predicted molar refractivity (Wildman–Crippen MR) is 78.6 cm³/mol. The number of carbonyl (C=O) groups excluding carboxylic acids is 1. The molecule has 1 amide bonds. The van der Waals surface area contributed by atoms with Crippen molar-refractivity contribution < 1.29 is 4.79 Å². The highest BCUT2D eigenvalue weighted by atomic mass is 32.2. The molecular weight excluding hydrogens is 244 g/mol. The fourth-order valence-corrected chi connectivity index (χ4v) is 2.44. The van der Waals surface area contributed by atoms with E-state index in [2.05, 4.69) is 38.2 Å². The van der Waals surface area contributed by atoms with E-state index in [9.17, 15) is 4.79 Å². The molecule has 1 rings (SSSR count). The quantitative estimate of drug-likeness (QED) is 0.831. The topological polar surface area (TPSA) is 55.1 Å². The Balaban J connectivity index is 2.66. The monoisotopic (exact) mass is 266 g/mol. The number of primary amides is 1. The highest BCUT2D eigenvalue weighted by molar-refractivity contribution is 8.00. The van der Waals surface area contributed by atoms with Crippen LogP contribution >= 0.6 is 11.8 Å². The molecule has 1 aromatic rings. The van der Waals surface area contributed by atoms with Gasteiger partial charge in [0.15, 0.2) is 0 Å². The van der Waals surface area contributed by atoms with E-state index in [1.165, 1.54) is 5.56 Å². The van der Waals surface area contributed by atoms with Crippen LogP contribution in [0.15, 0.2) is 30.3 Å². The Bertz CT molecular complexity index is 373. The van der Waals surface area contributed by atoms with Crippen molar-refractivity contribution in [2.45, 2.75) is 31.6 Å². The molecule has 3 N–H and O–H groups in total. The van der Waals surface area contributed by atoms with Crippen LogP contribution in [0.25, 0.3) is 0 Å². The van der Waals surface area contributed by atoms with Crippen LogP contribution in [0.4, 0.5) is 0 Å². The molecule has 0 aliphatic heterocycles. The summed E-state index contributed by atoms with van der Waals surface area (Å²) in [7, 11) is 0. The second-order valence-corrected chi connectivity index (χ2v) is 6.50. The van der Waals surface area contributed by atoms with Gasteiger partial charge >= 0.3 is 0 Å². The molecule has 0 saturated carbocycles. The number of benzene rings is 1. The summed E-state index contributed by atoms with van der Waals surface area (Å²) in [5.74, 6) is 0.0856. The van der Waals surface area contributed by atoms with Crippen LogP contribution in [0, 0.1) is 0 Å². The summed E-state index contributed by atoms with van der Waals surface area (Å²) in [5.41, 5.74) is 6.51. The van der Waals surface area contributed by atoms with Crippen molar-refractivity contribution >= 4 is 17.7 Å². The number of amides is 1. The van der Waals surface area contributed by atoms with Gasteiger partial charge in [-0.25, -0.2) is 0 Å². The molecule has 100 valence electrons. The standard InChI is InChI=1S/C14H22N2OS/c1-14(2,3)16-9-12(18-10-13(15)17)11-7-5-4-6-8-11/h4-8,12,16H,9-10H2,1-3H3,(H2,15,17). The Labute approximate surface area is 114 Å². The van der Waals surface area contributed by atoms with Gasteiger partial charge in [-0.1, -0.05) is 30.3 Å². The van der Waals surface area contributed by atoms with Crippen LogP contribution in [0.5, 0.6) is 0 Å². The molecule has 1 atom stereocenters. The molecule has 0 aromatic heterocycles. The summed E-state index contributed by atoms with van der Waals surface area (Å²) >= 11 is 1.59. The molecule has 0 aliphatic rings. The van der Waals surface area contributed by atoms with Gasteiger partial charge in [0.2, 0.25) is 5.91 Å². The van der Waals surface area contributed by atoms with Crippen molar-refractivity contribution in [2.75, 3.05) is 12.3 Å². The number of nitrogens with two attached hydrogens (primary N) is 1. The first-order valence-corrected chi connectivity index (χ1v) is 7.13. The van der Waals surface area contributed by atoms with Gasteiger partial charge in [0.25, 0.3) is 0 Å². The predicted octanol–water partition coefficient (Wildman–Crippen LogP) is 2.33. The molecule has 18 heavy (non-hydrogen) atoms. The summed E-state index contributed by atoms with van der Waals surface area (Å²) in [6.07, 6.45) is 0. The van der Waals surface area contributed by atoms with Crippen LogP contribution < -0.4 is 11.1 Å². The van der Waals surface area contributed by atoms with Gasteiger partial charge in [-0.15, -0.1) is 11.8 Å². The van der Waals surface area contributed by atoms with Gasteiger partial charge in [0.1, 0.15) is 0 Å². The third kappa shape index (κ3) is 6.07. The molecule has 0 bridgehead atoms. The lowest BCUT2D eigenvalue weighted by Crippen LogP contribution is -2.38. The molecule has 0 saturated heterocycles. The summed E-state index contributed by atoms with van der Waals surface area (Å²) < 4.78 is 0. The lowest BCUT2D eigenvalue weighted by molar-refractivity contribution is -0.115. The van der Waals surface area contributed by atoms with Gasteiger partial charge in [-0.3, -0.25) is 4.79 Å². The second-order valence-electron chi connectivity index (χ2n) is 5.31. The van der Waals surface area contributed by atoms with E-state index in [4.69, 9.17) is 5.73 Å². The number of hydrogen-bond acceptors (Lipinski definition) is 3. The van der Waals surface area contributed by atoms with Crippen LogP contribution in [-0.2, 0) is 4.79 Å². The maximum atomic E-state index is 10.9. The van der Waals surface area contributed by atoms with Gasteiger partial charge < -0.3 is 11.1 Å². The van der Waals surface area contributed by atoms with E-state index < -0.39 is 0 Å². The van der Waals surface area contributed by atoms with Gasteiger partial charge in [-0.05, 0) is 26.3 Å². The summed E-state index contributed by atoms with van der Waals surface area (Å²) in [6.45, 7) is 7.22. The van der Waals surface area contributed by atoms with E-state index in [1.807, 2.05) is 18.2 Å². The smallest absolute Gasteiger partial charge is 0.227 e. The van der Waals surface area contributed by atoms with E-state index in [0.29, 0.717) is 5.75 Å². The minimum Gasteiger partial charge on any atom is -0.369 e. The number of hydrogen-bond donors (Lipinski definition) is 2. The fraction of sp³-hybridized carbons (Fsp3) is 0.500. The number of rotatable bonds is 6. The van der Waals surface area contributed by atoms with Crippen LogP contribution in [0.3, 0.4) is 0 Å². The lowest BCUT2D eigenvalue weighted by Gasteiger charge is -2.25. The largest absolute Gasteiger partial charge is 0.369 e. The normalized spacial score (nSPS) is 13.3. The molecule has 0 radical (unpaired) electrons. The lowest BCUT2D eigenvalue weighted by atomic mass is 10.1. The summed E-state index contributed by atoms with van der Waals surface area (Å²) in [5, 5.41) is 3.72. The third-order valence-corrected chi connectivity index (χ3v) is 3.71. The van der Waals surface area contributed by atoms with Crippen molar-refractivity contribution in [1.29, 1.82) is 0 Å². The van der Waals surface area contributed by atoms with Gasteiger partial charge in [-0.2, -0.15) is 0 Å². The highest BCUT2D eigenvalue weighted by Crippen LogP contribution is 2.28. The molecule has 3 nitrogen and oxygen atoms in total. The van der Waals surface area contributed by atoms with Crippen molar-refractivity contribution in [3.05, 3.63) is 35.9 Å². The zero-order valence-corrected chi connectivity index (χ0v) is 12.1. The van der Waals surface area contributed by atoms with Crippen molar-refractivity contribution in [3.8, 4) is 0 Å². The molecular formula is C14H22N2OS. The van der Waals surface area contributed by atoms with Crippen molar-refractivity contribution in [3.63, 3.8) is 0 Å². The Morgan fingerprint density at radius 1 is 1.33 bits per heavy atom. The Morgan fingerprint density at radius 3 is 2.44 bits per heavy atom. The molecule has 0 heterocycles. The van der Waals surface area contributed by atoms with Gasteiger partial charge in [0.05, 0.1) is 5.75 Å². The molecule has 1 unspecified atom stereocenters. The minimum atomic E-state index is -0.267. The molecule has 0 aliphatic carbocycles. The summed E-state index contributed by atoms with van der Waals surface area (Å²) in [6, 6.07) is 10.2. The molecule has 4 heteroatoms. The molecule has 0 fully saturated rings. The Hall–Kier alpha value is -1.00. The molecule has 0 spiro atoms. The Morgan fingerprint density at radius 2 is 1.94 bits per heavy atom. The first kappa shape index (κ1) is 15.1. The number of thioether (sulfide) groups is 1. The zero-order chi connectivity index (χ0) is 13.6. The number of nitrogens with one attached hydrogen (secondary N) is 1. The summed E-state index contributed by atoms with van der Waals surface area (Å²) in [4.78, 5) is 10.9. The second kappa shape index (κ2) is 6.81. The minimum absolute atomic E-state index is 0.0698. The number of carbonyl (C=O) groups is 1. The maximum Gasteiger partial charge on any atom is 0.227 e. The average Bonchev–Trinajstić information content (AvgIpc) is 2.28. The van der Waals surface area contributed by atoms with Crippen molar-refractivity contribution in [1.82, 2.24) is 5.32 Å². The van der Waals surface area contributed by atoms with Crippen molar-refractivity contribution in [2.24, 2.45) is 5.73 Å². The third-order valence-electron chi connectivity index (χ3n) is 2.42. The Kier molecular flexibility index (Phi) is 5.69. The maximum absolute atomic E-state index is 10.9. The van der Waals surface area contributed by atoms with Crippen LogP contribution in [0.2, 0.25) is 0 Å². The van der Waals surface area contributed by atoms with Crippen LogP contribution in [-0.4, -0.2) is 23.7 Å². The van der Waals surface area contributed by atoms with Gasteiger partial charge in [0, 0.05) is 17.3 Å². The zero-order valence-electron chi connectivity index (χ0n) is 11.3.